The van der Waals surface area contributed by atoms with Crippen molar-refractivity contribution >= 4 is 35.3 Å². The van der Waals surface area contributed by atoms with Gasteiger partial charge >= 0.3 is 5.97 Å². The van der Waals surface area contributed by atoms with Crippen LogP contribution in [0.2, 0.25) is 5.02 Å². The number of nitrogens with one attached hydrogen (secondary N) is 2. The lowest BCUT2D eigenvalue weighted by molar-refractivity contribution is -0.151. The number of halogens is 1. The third-order valence-electron chi connectivity index (χ3n) is 5.58. The molecule has 2 N–H and O–H groups in total. The fraction of sp³-hybridized carbons (Fsp3) is 0.524. The summed E-state index contributed by atoms with van der Waals surface area (Å²) in [6.45, 7) is 4.88. The SMILES string of the molecule is CCOC(=O)C1CCN(C(=O)CC2(C)NC(=N)N(Cc3cccc(Cl)c3)C2=O)CC1. The standard InChI is InChI=1S/C21H27ClN4O4/c1-3-30-18(28)15-7-9-25(10-8-15)17(27)12-21(2)19(29)26(20(23)24-21)13-14-5-4-6-16(22)11-14/h4-6,11,15H,3,7-10,12-13H2,1-2H3,(H2,23,24). The van der Waals surface area contributed by atoms with Crippen molar-refractivity contribution < 1.29 is 19.1 Å². The third-order valence-corrected chi connectivity index (χ3v) is 5.82. The first-order valence-corrected chi connectivity index (χ1v) is 10.5. The Hall–Kier alpha value is -2.61. The molecule has 0 radical (unpaired) electrons. The summed E-state index contributed by atoms with van der Waals surface area (Å²) in [6.07, 6.45) is 1.06. The Bertz CT molecular complexity index is 853. The van der Waals surface area contributed by atoms with Gasteiger partial charge < -0.3 is 15.0 Å². The maximum Gasteiger partial charge on any atom is 0.309 e. The Morgan fingerprint density at radius 3 is 2.67 bits per heavy atom. The smallest absolute Gasteiger partial charge is 0.309 e. The minimum absolute atomic E-state index is 0.0312. The molecule has 1 aromatic rings. The lowest BCUT2D eigenvalue weighted by Gasteiger charge is -2.33. The van der Waals surface area contributed by atoms with Gasteiger partial charge in [0.2, 0.25) is 5.91 Å². The number of hydrogen-bond acceptors (Lipinski definition) is 5. The number of likely N-dealkylation sites (tertiary alicyclic amines) is 1. The second kappa shape index (κ2) is 9.04. The predicted octanol–water partition coefficient (Wildman–Crippen LogP) is 2.16. The van der Waals surface area contributed by atoms with Crippen molar-refractivity contribution in [2.45, 2.75) is 45.2 Å². The van der Waals surface area contributed by atoms with Gasteiger partial charge in [0, 0.05) is 18.1 Å². The molecule has 0 aromatic heterocycles. The number of hydrogen-bond donors (Lipinski definition) is 2. The molecule has 0 bridgehead atoms. The molecule has 2 fully saturated rings. The fourth-order valence-electron chi connectivity index (χ4n) is 3.91. The second-order valence-electron chi connectivity index (χ2n) is 7.91. The minimum atomic E-state index is -1.18. The maximum atomic E-state index is 13.0. The van der Waals surface area contributed by atoms with E-state index in [-0.39, 0.29) is 42.6 Å². The molecule has 8 nitrogen and oxygen atoms in total. The van der Waals surface area contributed by atoms with Gasteiger partial charge in [0.05, 0.1) is 25.5 Å². The molecular weight excluding hydrogens is 408 g/mol. The van der Waals surface area contributed by atoms with Crippen molar-refractivity contribution in [3.05, 3.63) is 34.9 Å². The van der Waals surface area contributed by atoms with Gasteiger partial charge in [-0.05, 0) is 44.4 Å². The number of rotatable bonds is 6. The van der Waals surface area contributed by atoms with Crippen LogP contribution in [0.4, 0.5) is 0 Å². The van der Waals surface area contributed by atoms with Crippen LogP contribution in [-0.4, -0.2) is 58.8 Å². The largest absolute Gasteiger partial charge is 0.466 e. The number of esters is 1. The maximum absolute atomic E-state index is 13.0. The average Bonchev–Trinajstić information content (AvgIpc) is 2.91. The van der Waals surface area contributed by atoms with E-state index in [4.69, 9.17) is 21.7 Å². The molecule has 2 heterocycles. The lowest BCUT2D eigenvalue weighted by Crippen LogP contribution is -2.50. The predicted molar refractivity (Wildman–Crippen MR) is 112 cm³/mol. The molecule has 0 aliphatic carbocycles. The molecule has 2 aliphatic rings. The van der Waals surface area contributed by atoms with Crippen LogP contribution in [0.1, 0.15) is 38.7 Å². The summed E-state index contributed by atoms with van der Waals surface area (Å²) in [4.78, 5) is 40.7. The first-order chi connectivity index (χ1) is 14.2. The van der Waals surface area contributed by atoms with Gasteiger partial charge in [-0.3, -0.25) is 24.7 Å². The lowest BCUT2D eigenvalue weighted by atomic mass is 9.93. The van der Waals surface area contributed by atoms with Crippen molar-refractivity contribution in [2.24, 2.45) is 5.92 Å². The molecule has 2 amide bonds. The van der Waals surface area contributed by atoms with Crippen LogP contribution >= 0.6 is 11.6 Å². The Kier molecular flexibility index (Phi) is 6.65. The van der Waals surface area contributed by atoms with E-state index < -0.39 is 5.54 Å². The quantitative estimate of drug-likeness (QED) is 0.668. The van der Waals surface area contributed by atoms with Crippen LogP contribution < -0.4 is 5.32 Å². The van der Waals surface area contributed by atoms with Crippen LogP contribution in [0.3, 0.4) is 0 Å². The van der Waals surface area contributed by atoms with E-state index in [9.17, 15) is 14.4 Å². The average molecular weight is 435 g/mol. The van der Waals surface area contributed by atoms with Crippen LogP contribution in [0.5, 0.6) is 0 Å². The van der Waals surface area contributed by atoms with E-state index >= 15 is 0 Å². The summed E-state index contributed by atoms with van der Waals surface area (Å²) in [5, 5.41) is 11.6. The molecule has 1 aromatic carbocycles. The Morgan fingerprint density at radius 1 is 1.33 bits per heavy atom. The highest BCUT2D eigenvalue weighted by molar-refractivity contribution is 6.30. The molecule has 0 spiro atoms. The van der Waals surface area contributed by atoms with Crippen LogP contribution in [0.15, 0.2) is 24.3 Å². The third kappa shape index (κ3) is 4.75. The van der Waals surface area contributed by atoms with Crippen molar-refractivity contribution in [2.75, 3.05) is 19.7 Å². The van der Waals surface area contributed by atoms with E-state index in [1.54, 1.807) is 36.9 Å². The molecule has 1 atom stereocenters. The molecule has 1 unspecified atom stereocenters. The van der Waals surface area contributed by atoms with Crippen molar-refractivity contribution in [3.8, 4) is 0 Å². The van der Waals surface area contributed by atoms with Crippen LogP contribution in [0.25, 0.3) is 0 Å². The number of ether oxygens (including phenoxy) is 1. The first kappa shape index (κ1) is 22.1. The summed E-state index contributed by atoms with van der Waals surface area (Å²) < 4.78 is 5.06. The molecule has 2 aliphatic heterocycles. The zero-order valence-electron chi connectivity index (χ0n) is 17.2. The van der Waals surface area contributed by atoms with Crippen molar-refractivity contribution in [3.63, 3.8) is 0 Å². The number of amides is 2. The summed E-state index contributed by atoms with van der Waals surface area (Å²) in [7, 11) is 0. The number of guanidine groups is 1. The van der Waals surface area contributed by atoms with Crippen molar-refractivity contribution in [1.29, 1.82) is 5.41 Å². The molecule has 30 heavy (non-hydrogen) atoms. The molecule has 162 valence electrons. The number of benzene rings is 1. The normalized spacial score (nSPS) is 22.2. The minimum Gasteiger partial charge on any atom is -0.466 e. The number of carbonyl (C=O) groups is 3. The van der Waals surface area contributed by atoms with Crippen molar-refractivity contribution in [1.82, 2.24) is 15.1 Å². The van der Waals surface area contributed by atoms with Crippen LogP contribution in [-0.2, 0) is 25.7 Å². The topological polar surface area (TPSA) is 103 Å². The molecule has 2 saturated heterocycles. The Labute approximate surface area is 181 Å². The highest BCUT2D eigenvalue weighted by atomic mass is 35.5. The highest BCUT2D eigenvalue weighted by Crippen LogP contribution is 2.26. The van der Waals surface area contributed by atoms with Gasteiger partial charge in [0.25, 0.3) is 5.91 Å². The number of carbonyl (C=O) groups excluding carboxylic acids is 3. The summed E-state index contributed by atoms with van der Waals surface area (Å²) in [5.74, 6) is -0.914. The first-order valence-electron chi connectivity index (χ1n) is 10.1. The van der Waals surface area contributed by atoms with Crippen LogP contribution in [0, 0.1) is 11.3 Å². The monoisotopic (exact) mass is 434 g/mol. The number of piperidine rings is 1. The number of nitrogens with zero attached hydrogens (tertiary/aromatic N) is 2. The fourth-order valence-corrected chi connectivity index (χ4v) is 4.12. The van der Waals surface area contributed by atoms with Gasteiger partial charge in [-0.15, -0.1) is 0 Å². The van der Waals surface area contributed by atoms with Gasteiger partial charge in [-0.2, -0.15) is 0 Å². The molecule has 0 saturated carbocycles. The summed E-state index contributed by atoms with van der Waals surface area (Å²) in [5.41, 5.74) is -0.371. The van der Waals surface area contributed by atoms with E-state index in [0.717, 1.165) is 5.56 Å². The van der Waals surface area contributed by atoms with Gasteiger partial charge in [0.1, 0.15) is 5.54 Å². The second-order valence-corrected chi connectivity index (χ2v) is 8.35. The van der Waals surface area contributed by atoms with Gasteiger partial charge in [-0.1, -0.05) is 23.7 Å². The molecule has 9 heteroatoms. The zero-order valence-corrected chi connectivity index (χ0v) is 18.0. The van der Waals surface area contributed by atoms with Gasteiger partial charge in [0.15, 0.2) is 5.96 Å². The zero-order chi connectivity index (χ0) is 21.9. The van der Waals surface area contributed by atoms with E-state index in [0.29, 0.717) is 37.6 Å². The van der Waals surface area contributed by atoms with E-state index in [2.05, 4.69) is 5.32 Å². The molecular formula is C21H27ClN4O4. The van der Waals surface area contributed by atoms with E-state index in [1.165, 1.54) is 4.90 Å². The Morgan fingerprint density at radius 2 is 2.03 bits per heavy atom. The summed E-state index contributed by atoms with van der Waals surface area (Å²) >= 11 is 6.01. The van der Waals surface area contributed by atoms with E-state index in [1.807, 2.05) is 6.07 Å². The highest BCUT2D eigenvalue weighted by Gasteiger charge is 2.48. The molecule has 3 rings (SSSR count). The summed E-state index contributed by atoms with van der Waals surface area (Å²) in [6, 6.07) is 7.11. The Balaban J connectivity index is 1.59. The van der Waals surface area contributed by atoms with Gasteiger partial charge in [-0.25, -0.2) is 0 Å².